The monoisotopic (exact) mass is 493 g/mol. The molecule has 1 aliphatic heterocycles. The zero-order valence-corrected chi connectivity index (χ0v) is 22.1. The predicted octanol–water partition coefficient (Wildman–Crippen LogP) is 6.23. The highest BCUT2D eigenvalue weighted by atomic mass is 16.1. The minimum Gasteiger partial charge on any atom is -0.356 e. The summed E-state index contributed by atoms with van der Waals surface area (Å²) < 4.78 is 0. The van der Waals surface area contributed by atoms with Gasteiger partial charge in [-0.2, -0.15) is 0 Å². The molecule has 37 heavy (non-hydrogen) atoms. The third kappa shape index (κ3) is 5.79. The Morgan fingerprint density at radius 1 is 0.973 bits per heavy atom. The van der Waals surface area contributed by atoms with Crippen molar-refractivity contribution in [3.8, 4) is 11.4 Å². The number of aromatic nitrogens is 3. The molecule has 6 heteroatoms. The maximum atomic E-state index is 12.7. The standard InChI is InChI=1S/C31H35N5O/c1-20(2)23-7-5-8-24(14-23)31(37)33-17-26-15-29-25(16-32-26)11-12-28(34-29)27-9-6-10-30(35-27)36-18-21(3)13-22(4)19-36/h5-12,14-16,20-22H,13,17-19H2,1-4H3,(H,33,37)/t21-,22+. The van der Waals surface area contributed by atoms with Crippen molar-refractivity contribution in [3.05, 3.63) is 83.7 Å². The van der Waals surface area contributed by atoms with Crippen LogP contribution in [0.25, 0.3) is 22.3 Å². The molecule has 190 valence electrons. The Labute approximate surface area is 219 Å². The zero-order chi connectivity index (χ0) is 25.9. The van der Waals surface area contributed by atoms with E-state index in [1.54, 1.807) is 0 Å². The number of amides is 1. The Hall–Kier alpha value is -3.80. The van der Waals surface area contributed by atoms with Crippen LogP contribution < -0.4 is 10.2 Å². The third-order valence-corrected chi connectivity index (χ3v) is 7.07. The van der Waals surface area contributed by atoms with Crippen LogP contribution in [0.15, 0.2) is 66.9 Å². The van der Waals surface area contributed by atoms with Crippen LogP contribution in [-0.2, 0) is 6.54 Å². The van der Waals surface area contributed by atoms with Crippen molar-refractivity contribution in [1.82, 2.24) is 20.3 Å². The summed E-state index contributed by atoms with van der Waals surface area (Å²) in [5, 5.41) is 3.95. The maximum Gasteiger partial charge on any atom is 0.251 e. The summed E-state index contributed by atoms with van der Waals surface area (Å²) in [4.78, 5) is 29.5. The van der Waals surface area contributed by atoms with Gasteiger partial charge in [0, 0.05) is 30.2 Å². The van der Waals surface area contributed by atoms with Crippen molar-refractivity contribution >= 4 is 22.6 Å². The summed E-state index contributed by atoms with van der Waals surface area (Å²) in [6.07, 6.45) is 3.08. The number of piperidine rings is 1. The lowest BCUT2D eigenvalue weighted by Gasteiger charge is -2.35. The van der Waals surface area contributed by atoms with Gasteiger partial charge in [0.1, 0.15) is 5.82 Å². The third-order valence-electron chi connectivity index (χ3n) is 7.07. The second kappa shape index (κ2) is 10.7. The van der Waals surface area contributed by atoms with E-state index in [4.69, 9.17) is 9.97 Å². The van der Waals surface area contributed by atoms with Crippen LogP contribution in [-0.4, -0.2) is 33.9 Å². The van der Waals surface area contributed by atoms with Crippen LogP contribution in [0.4, 0.5) is 5.82 Å². The van der Waals surface area contributed by atoms with Gasteiger partial charge in [-0.25, -0.2) is 9.97 Å². The average Bonchev–Trinajstić information content (AvgIpc) is 2.91. The molecule has 1 saturated heterocycles. The van der Waals surface area contributed by atoms with E-state index < -0.39 is 0 Å². The van der Waals surface area contributed by atoms with Gasteiger partial charge in [0.05, 0.1) is 29.1 Å². The number of carbonyl (C=O) groups excluding carboxylic acids is 1. The lowest BCUT2D eigenvalue weighted by Crippen LogP contribution is -2.39. The number of fused-ring (bicyclic) bond motifs is 1. The number of anilines is 1. The summed E-state index contributed by atoms with van der Waals surface area (Å²) in [7, 11) is 0. The minimum absolute atomic E-state index is 0.103. The highest BCUT2D eigenvalue weighted by Crippen LogP contribution is 2.27. The van der Waals surface area contributed by atoms with Gasteiger partial charge in [-0.05, 0) is 72.2 Å². The summed E-state index contributed by atoms with van der Waals surface area (Å²) in [6.45, 7) is 11.3. The molecule has 1 N–H and O–H groups in total. The van der Waals surface area contributed by atoms with Crippen molar-refractivity contribution in [1.29, 1.82) is 0 Å². The fourth-order valence-electron chi connectivity index (χ4n) is 5.20. The van der Waals surface area contributed by atoms with Crippen LogP contribution in [0.3, 0.4) is 0 Å². The molecule has 4 aromatic rings. The number of benzene rings is 1. The molecule has 0 bridgehead atoms. The highest BCUT2D eigenvalue weighted by molar-refractivity contribution is 5.94. The Morgan fingerprint density at radius 3 is 2.51 bits per heavy atom. The molecule has 1 aliphatic rings. The number of nitrogens with one attached hydrogen (secondary N) is 1. The molecule has 0 saturated carbocycles. The van der Waals surface area contributed by atoms with Gasteiger partial charge in [0.25, 0.3) is 5.91 Å². The van der Waals surface area contributed by atoms with Crippen LogP contribution in [0.1, 0.15) is 61.6 Å². The SMILES string of the molecule is CC(C)c1cccc(C(=O)NCc2cc3nc(-c4cccc(N5C[C@H](C)C[C@H](C)C5)n4)ccc3cn2)c1. The van der Waals surface area contributed by atoms with Gasteiger partial charge < -0.3 is 10.2 Å². The van der Waals surface area contributed by atoms with E-state index in [2.05, 4.69) is 55.0 Å². The van der Waals surface area contributed by atoms with Crippen LogP contribution in [0.2, 0.25) is 0 Å². The number of hydrogen-bond acceptors (Lipinski definition) is 5. The van der Waals surface area contributed by atoms with Crippen LogP contribution in [0, 0.1) is 11.8 Å². The topological polar surface area (TPSA) is 71.0 Å². The van der Waals surface area contributed by atoms with Crippen molar-refractivity contribution in [3.63, 3.8) is 0 Å². The minimum atomic E-state index is -0.103. The molecule has 0 spiro atoms. The smallest absolute Gasteiger partial charge is 0.251 e. The Bertz CT molecular complexity index is 1410. The molecule has 1 amide bonds. The first-order valence-corrected chi connectivity index (χ1v) is 13.2. The normalized spacial score (nSPS) is 17.8. The number of hydrogen-bond donors (Lipinski definition) is 1. The van der Waals surface area contributed by atoms with E-state index >= 15 is 0 Å². The predicted molar refractivity (Wildman–Crippen MR) is 150 cm³/mol. The number of carbonyl (C=O) groups is 1. The molecule has 0 radical (unpaired) electrons. The molecule has 1 aromatic carbocycles. The largest absolute Gasteiger partial charge is 0.356 e. The Morgan fingerprint density at radius 2 is 1.73 bits per heavy atom. The van der Waals surface area contributed by atoms with Gasteiger partial charge in [-0.15, -0.1) is 0 Å². The fraction of sp³-hybridized carbons (Fsp3) is 0.355. The van der Waals surface area contributed by atoms with E-state index in [9.17, 15) is 4.79 Å². The summed E-state index contributed by atoms with van der Waals surface area (Å²) in [5.74, 6) is 2.61. The number of nitrogens with zero attached hydrogens (tertiary/aromatic N) is 4. The first-order chi connectivity index (χ1) is 17.9. The lowest BCUT2D eigenvalue weighted by molar-refractivity contribution is 0.0950. The maximum absolute atomic E-state index is 12.7. The molecular weight excluding hydrogens is 458 g/mol. The average molecular weight is 494 g/mol. The van der Waals surface area contributed by atoms with Gasteiger partial charge >= 0.3 is 0 Å². The van der Waals surface area contributed by atoms with E-state index in [1.165, 1.54) is 6.42 Å². The first-order valence-electron chi connectivity index (χ1n) is 13.2. The summed E-state index contributed by atoms with van der Waals surface area (Å²) in [6, 6.07) is 19.9. The zero-order valence-electron chi connectivity index (χ0n) is 22.1. The van der Waals surface area contributed by atoms with Crippen LogP contribution in [0.5, 0.6) is 0 Å². The summed E-state index contributed by atoms with van der Waals surface area (Å²) in [5.41, 5.74) is 5.11. The van der Waals surface area contributed by atoms with Crippen LogP contribution >= 0.6 is 0 Å². The molecule has 5 rings (SSSR count). The van der Waals surface area contributed by atoms with E-state index in [0.717, 1.165) is 52.5 Å². The van der Waals surface area contributed by atoms with Gasteiger partial charge in [-0.1, -0.05) is 45.9 Å². The molecule has 0 unspecified atom stereocenters. The Balaban J connectivity index is 1.33. The Kier molecular flexibility index (Phi) is 7.17. The molecule has 1 fully saturated rings. The molecule has 2 atom stereocenters. The van der Waals surface area contributed by atoms with Gasteiger partial charge in [0.2, 0.25) is 0 Å². The molecule has 0 aliphatic carbocycles. The molecule has 3 aromatic heterocycles. The first kappa shape index (κ1) is 24.9. The van der Waals surface area contributed by atoms with Gasteiger partial charge in [-0.3, -0.25) is 9.78 Å². The van der Waals surface area contributed by atoms with Gasteiger partial charge in [0.15, 0.2) is 0 Å². The van der Waals surface area contributed by atoms with Crippen molar-refractivity contribution < 1.29 is 4.79 Å². The van der Waals surface area contributed by atoms with Crippen molar-refractivity contribution in [2.24, 2.45) is 11.8 Å². The molecule has 6 nitrogen and oxygen atoms in total. The van der Waals surface area contributed by atoms with E-state index in [0.29, 0.717) is 29.9 Å². The van der Waals surface area contributed by atoms with Crippen molar-refractivity contribution in [2.45, 2.75) is 46.6 Å². The second-order valence-electron chi connectivity index (χ2n) is 10.8. The van der Waals surface area contributed by atoms with Crippen molar-refractivity contribution in [2.75, 3.05) is 18.0 Å². The molecule has 4 heterocycles. The van der Waals surface area contributed by atoms with E-state index in [1.807, 2.05) is 54.7 Å². The number of pyridine rings is 3. The lowest BCUT2D eigenvalue weighted by atomic mass is 9.92. The fourth-order valence-corrected chi connectivity index (χ4v) is 5.20. The summed E-state index contributed by atoms with van der Waals surface area (Å²) >= 11 is 0. The second-order valence-corrected chi connectivity index (χ2v) is 10.8. The highest BCUT2D eigenvalue weighted by Gasteiger charge is 2.23. The quantitative estimate of drug-likeness (QED) is 0.345. The number of rotatable bonds is 6. The van der Waals surface area contributed by atoms with E-state index in [-0.39, 0.29) is 5.91 Å². The molecular formula is C31H35N5O.